The SMILES string of the molecule is c1cnc2nc(-c3ccc(N(c4ccc(-c5ccc6ccncc6n5)cc4)c4ccc(-c5cccc6c5oc5ncccc56)cc4)cc3)ccc2c1. The quantitative estimate of drug-likeness (QED) is 0.174. The van der Waals surface area contributed by atoms with Gasteiger partial charge in [0.25, 0.3) is 0 Å². The topological polar surface area (TPSA) is 80.8 Å². The molecule has 0 spiro atoms. The van der Waals surface area contributed by atoms with Crippen LogP contribution in [0.15, 0.2) is 175 Å². The molecule has 10 rings (SSSR count). The van der Waals surface area contributed by atoms with Crippen LogP contribution in [0.1, 0.15) is 0 Å². The van der Waals surface area contributed by atoms with Crippen molar-refractivity contribution in [2.24, 2.45) is 0 Å². The average molecular weight is 669 g/mol. The van der Waals surface area contributed by atoms with E-state index < -0.39 is 0 Å². The van der Waals surface area contributed by atoms with Gasteiger partial charge in [0.15, 0.2) is 5.65 Å². The molecular weight excluding hydrogens is 641 g/mol. The number of fused-ring (bicyclic) bond motifs is 5. The van der Waals surface area contributed by atoms with Crippen LogP contribution >= 0.6 is 0 Å². The van der Waals surface area contributed by atoms with E-state index in [4.69, 9.17) is 14.4 Å². The molecular formula is C45H28N6O. The predicted molar refractivity (Wildman–Crippen MR) is 209 cm³/mol. The fourth-order valence-electron chi connectivity index (χ4n) is 6.90. The van der Waals surface area contributed by atoms with Gasteiger partial charge in [0.2, 0.25) is 5.71 Å². The van der Waals surface area contributed by atoms with E-state index in [0.717, 1.165) is 89.0 Å². The molecule has 7 nitrogen and oxygen atoms in total. The molecule has 0 N–H and O–H groups in total. The van der Waals surface area contributed by atoms with Crippen molar-refractivity contribution in [2.45, 2.75) is 0 Å². The molecule has 0 saturated carbocycles. The molecule has 0 aliphatic rings. The first-order valence-corrected chi connectivity index (χ1v) is 17.1. The van der Waals surface area contributed by atoms with E-state index >= 15 is 0 Å². The van der Waals surface area contributed by atoms with Crippen LogP contribution in [0, 0.1) is 0 Å². The van der Waals surface area contributed by atoms with Crippen LogP contribution in [-0.4, -0.2) is 24.9 Å². The molecule has 0 aliphatic carbocycles. The average Bonchev–Trinajstić information content (AvgIpc) is 3.61. The van der Waals surface area contributed by atoms with E-state index in [1.807, 2.05) is 30.3 Å². The summed E-state index contributed by atoms with van der Waals surface area (Å²) < 4.78 is 6.26. The maximum Gasteiger partial charge on any atom is 0.227 e. The predicted octanol–water partition coefficient (Wildman–Crippen LogP) is 11.3. The van der Waals surface area contributed by atoms with E-state index in [1.54, 1.807) is 24.8 Å². The number of para-hydroxylation sites is 1. The summed E-state index contributed by atoms with van der Waals surface area (Å²) in [6.45, 7) is 0. The van der Waals surface area contributed by atoms with Crippen molar-refractivity contribution in [3.8, 4) is 33.6 Å². The Balaban J connectivity index is 1.04. The van der Waals surface area contributed by atoms with Crippen molar-refractivity contribution in [3.05, 3.63) is 170 Å². The van der Waals surface area contributed by atoms with Crippen LogP contribution in [0.3, 0.4) is 0 Å². The summed E-state index contributed by atoms with van der Waals surface area (Å²) in [6, 6.07) is 50.1. The second kappa shape index (κ2) is 12.3. The molecule has 0 atom stereocenters. The molecule has 244 valence electrons. The minimum atomic E-state index is 0.644. The molecule has 0 radical (unpaired) electrons. The van der Waals surface area contributed by atoms with Gasteiger partial charge in [0.05, 0.1) is 23.1 Å². The largest absolute Gasteiger partial charge is 0.437 e. The smallest absolute Gasteiger partial charge is 0.227 e. The van der Waals surface area contributed by atoms with Crippen LogP contribution in [0.25, 0.3) is 77.6 Å². The second-order valence-corrected chi connectivity index (χ2v) is 12.6. The van der Waals surface area contributed by atoms with Gasteiger partial charge >= 0.3 is 0 Å². The third-order valence-electron chi connectivity index (χ3n) is 9.51. The molecule has 7 heteroatoms. The zero-order valence-corrected chi connectivity index (χ0v) is 27.8. The monoisotopic (exact) mass is 668 g/mol. The van der Waals surface area contributed by atoms with Crippen molar-refractivity contribution >= 4 is 61.1 Å². The number of pyridine rings is 5. The van der Waals surface area contributed by atoms with E-state index in [0.29, 0.717) is 5.71 Å². The number of rotatable bonds is 6. The molecule has 4 aromatic carbocycles. The lowest BCUT2D eigenvalue weighted by Gasteiger charge is -2.26. The zero-order valence-electron chi connectivity index (χ0n) is 27.8. The van der Waals surface area contributed by atoms with Gasteiger partial charge < -0.3 is 9.32 Å². The lowest BCUT2D eigenvalue weighted by molar-refractivity contribution is 0.655. The summed E-state index contributed by atoms with van der Waals surface area (Å²) in [5.74, 6) is 0. The summed E-state index contributed by atoms with van der Waals surface area (Å²) >= 11 is 0. The number of furan rings is 1. The van der Waals surface area contributed by atoms with Crippen molar-refractivity contribution in [1.29, 1.82) is 0 Å². The Morgan fingerprint density at radius 1 is 0.462 bits per heavy atom. The highest BCUT2D eigenvalue weighted by Gasteiger charge is 2.16. The highest BCUT2D eigenvalue weighted by Crippen LogP contribution is 2.39. The summed E-state index contributed by atoms with van der Waals surface area (Å²) in [4.78, 5) is 25.1. The third-order valence-corrected chi connectivity index (χ3v) is 9.51. The van der Waals surface area contributed by atoms with Gasteiger partial charge in [-0.15, -0.1) is 0 Å². The number of aromatic nitrogens is 5. The number of nitrogens with zero attached hydrogens (tertiary/aromatic N) is 6. The lowest BCUT2D eigenvalue weighted by Crippen LogP contribution is -2.09. The Morgan fingerprint density at radius 2 is 1.10 bits per heavy atom. The molecule has 10 aromatic rings. The highest BCUT2D eigenvalue weighted by atomic mass is 16.3. The summed E-state index contributed by atoms with van der Waals surface area (Å²) in [6.07, 6.45) is 7.13. The molecule has 0 saturated heterocycles. The van der Waals surface area contributed by atoms with Crippen LogP contribution in [0.4, 0.5) is 17.1 Å². The summed E-state index contributed by atoms with van der Waals surface area (Å²) in [7, 11) is 0. The number of anilines is 3. The van der Waals surface area contributed by atoms with E-state index in [9.17, 15) is 0 Å². The Labute approximate surface area is 298 Å². The fourth-order valence-corrected chi connectivity index (χ4v) is 6.90. The van der Waals surface area contributed by atoms with Crippen molar-refractivity contribution in [2.75, 3.05) is 4.90 Å². The molecule has 0 fully saturated rings. The van der Waals surface area contributed by atoms with Gasteiger partial charge in [0.1, 0.15) is 5.58 Å². The van der Waals surface area contributed by atoms with E-state index in [2.05, 4.69) is 135 Å². The van der Waals surface area contributed by atoms with Gasteiger partial charge in [-0.25, -0.2) is 19.9 Å². The molecule has 0 unspecified atom stereocenters. The summed E-state index contributed by atoms with van der Waals surface area (Å²) in [5.41, 5.74) is 12.1. The Morgan fingerprint density at radius 3 is 1.85 bits per heavy atom. The molecule has 52 heavy (non-hydrogen) atoms. The normalized spacial score (nSPS) is 11.5. The molecule has 0 bridgehead atoms. The Bertz CT molecular complexity index is 2780. The second-order valence-electron chi connectivity index (χ2n) is 12.6. The standard InChI is InChI=1S/C45H28N6O/c1-5-37(43-38(6-1)39-7-3-26-48-45(39)52-43)29-8-16-34(17-9-29)51(35-18-10-30(11-19-35)40-22-14-32-24-27-46-28-42(32)49-40)36-20-12-31(13-21-36)41-23-15-33-4-2-25-47-44(33)50-41/h1-28H. The van der Waals surface area contributed by atoms with Gasteiger partial charge in [0, 0.05) is 73.9 Å². The number of hydrogen-bond donors (Lipinski definition) is 0. The van der Waals surface area contributed by atoms with E-state index in [1.165, 1.54) is 0 Å². The first-order chi connectivity index (χ1) is 25.7. The minimum absolute atomic E-state index is 0.644. The van der Waals surface area contributed by atoms with Crippen LogP contribution in [0.2, 0.25) is 0 Å². The first-order valence-electron chi connectivity index (χ1n) is 17.1. The number of benzene rings is 4. The maximum absolute atomic E-state index is 6.26. The van der Waals surface area contributed by atoms with Crippen LogP contribution < -0.4 is 4.90 Å². The van der Waals surface area contributed by atoms with Crippen molar-refractivity contribution in [1.82, 2.24) is 24.9 Å². The van der Waals surface area contributed by atoms with Gasteiger partial charge in [-0.1, -0.05) is 60.7 Å². The van der Waals surface area contributed by atoms with E-state index in [-0.39, 0.29) is 0 Å². The van der Waals surface area contributed by atoms with Crippen molar-refractivity contribution < 1.29 is 4.42 Å². The zero-order chi connectivity index (χ0) is 34.4. The van der Waals surface area contributed by atoms with Gasteiger partial charge in [-0.05, 0) is 90.5 Å². The Kier molecular flexibility index (Phi) is 6.99. The lowest BCUT2D eigenvalue weighted by atomic mass is 10.0. The van der Waals surface area contributed by atoms with Crippen molar-refractivity contribution in [3.63, 3.8) is 0 Å². The maximum atomic E-state index is 6.26. The molecule has 6 heterocycles. The third kappa shape index (κ3) is 5.20. The van der Waals surface area contributed by atoms with Gasteiger partial charge in [-0.2, -0.15) is 0 Å². The first kappa shape index (κ1) is 29.6. The Hall–Kier alpha value is -7.25. The fraction of sp³-hybridized carbons (Fsp3) is 0. The summed E-state index contributed by atoms with van der Waals surface area (Å²) in [5, 5.41) is 4.15. The highest BCUT2D eigenvalue weighted by molar-refractivity contribution is 6.08. The van der Waals surface area contributed by atoms with Crippen LogP contribution in [-0.2, 0) is 0 Å². The van der Waals surface area contributed by atoms with Gasteiger partial charge in [-0.3, -0.25) is 4.98 Å². The van der Waals surface area contributed by atoms with Crippen LogP contribution in [0.5, 0.6) is 0 Å². The number of hydrogen-bond acceptors (Lipinski definition) is 7. The molecule has 6 aromatic heterocycles. The molecule has 0 aliphatic heterocycles. The molecule has 0 amide bonds. The minimum Gasteiger partial charge on any atom is -0.437 e.